The summed E-state index contributed by atoms with van der Waals surface area (Å²) < 4.78 is 0. The number of nitrogens with one attached hydrogen (secondary N) is 1. The van der Waals surface area contributed by atoms with Crippen LogP contribution >= 0.6 is 0 Å². The van der Waals surface area contributed by atoms with Gasteiger partial charge in [-0.15, -0.1) is 0 Å². The first-order valence-electron chi connectivity index (χ1n) is 6.69. The van der Waals surface area contributed by atoms with E-state index in [-0.39, 0.29) is 24.3 Å². The van der Waals surface area contributed by atoms with Crippen LogP contribution in [0.25, 0.3) is 0 Å². The second-order valence-corrected chi connectivity index (χ2v) is 5.39. The highest BCUT2D eigenvalue weighted by atomic mass is 16.4. The summed E-state index contributed by atoms with van der Waals surface area (Å²) in [5.41, 5.74) is 0. The molecule has 2 aliphatic rings. The smallest absolute Gasteiger partial charge is 0.307 e. The Labute approximate surface area is 102 Å². The van der Waals surface area contributed by atoms with Crippen LogP contribution in [-0.4, -0.2) is 23.0 Å². The number of aliphatic carboxylic acids is 1. The molecule has 1 atom stereocenters. The van der Waals surface area contributed by atoms with E-state index in [1.54, 1.807) is 0 Å². The zero-order valence-electron chi connectivity index (χ0n) is 10.2. The van der Waals surface area contributed by atoms with Gasteiger partial charge in [-0.05, 0) is 31.6 Å². The molecule has 4 heteroatoms. The summed E-state index contributed by atoms with van der Waals surface area (Å²) in [7, 11) is 0. The molecule has 1 amide bonds. The van der Waals surface area contributed by atoms with Crippen LogP contribution in [0.5, 0.6) is 0 Å². The Hall–Kier alpha value is -1.06. The second-order valence-electron chi connectivity index (χ2n) is 5.39. The first kappa shape index (κ1) is 12.4. The first-order chi connectivity index (χ1) is 8.16. The molecule has 0 aromatic heterocycles. The SMILES string of the molecule is O=C(CC(C(=O)O)C1CC1)NC1CCCCC1. The molecule has 0 aliphatic heterocycles. The Morgan fingerprint density at radius 1 is 1.12 bits per heavy atom. The minimum atomic E-state index is -0.814. The van der Waals surface area contributed by atoms with Crippen molar-refractivity contribution >= 4 is 11.9 Å². The van der Waals surface area contributed by atoms with Crippen molar-refractivity contribution in [1.82, 2.24) is 5.32 Å². The zero-order valence-corrected chi connectivity index (χ0v) is 10.2. The third-order valence-corrected chi connectivity index (χ3v) is 3.88. The third-order valence-electron chi connectivity index (χ3n) is 3.88. The number of carboxylic acids is 1. The standard InChI is InChI=1S/C13H21NO3/c15-12(14-10-4-2-1-3-5-10)8-11(13(16)17)9-6-7-9/h9-11H,1-8H2,(H,14,15)(H,16,17). The highest BCUT2D eigenvalue weighted by molar-refractivity contribution is 5.82. The van der Waals surface area contributed by atoms with E-state index in [1.807, 2.05) is 0 Å². The predicted octanol–water partition coefficient (Wildman–Crippen LogP) is 1.94. The summed E-state index contributed by atoms with van der Waals surface area (Å²) in [6.45, 7) is 0. The van der Waals surface area contributed by atoms with Gasteiger partial charge in [0.25, 0.3) is 0 Å². The van der Waals surface area contributed by atoms with Gasteiger partial charge in [0, 0.05) is 12.5 Å². The summed E-state index contributed by atoms with van der Waals surface area (Å²) in [5.74, 6) is -1.11. The third kappa shape index (κ3) is 3.72. The van der Waals surface area contributed by atoms with Crippen molar-refractivity contribution in [3.63, 3.8) is 0 Å². The fraction of sp³-hybridized carbons (Fsp3) is 0.846. The van der Waals surface area contributed by atoms with Crippen LogP contribution < -0.4 is 5.32 Å². The quantitative estimate of drug-likeness (QED) is 0.770. The Balaban J connectivity index is 1.76. The molecule has 0 heterocycles. The van der Waals surface area contributed by atoms with E-state index >= 15 is 0 Å². The van der Waals surface area contributed by atoms with Gasteiger partial charge in [-0.25, -0.2) is 0 Å². The molecule has 96 valence electrons. The molecule has 2 rings (SSSR count). The van der Waals surface area contributed by atoms with E-state index < -0.39 is 11.9 Å². The van der Waals surface area contributed by atoms with E-state index in [1.165, 1.54) is 19.3 Å². The lowest BCUT2D eigenvalue weighted by atomic mass is 9.94. The predicted molar refractivity (Wildman–Crippen MR) is 63.5 cm³/mol. The largest absolute Gasteiger partial charge is 0.481 e. The Morgan fingerprint density at radius 2 is 1.76 bits per heavy atom. The second kappa shape index (κ2) is 5.52. The van der Waals surface area contributed by atoms with Gasteiger partial charge in [-0.1, -0.05) is 19.3 Å². The van der Waals surface area contributed by atoms with Gasteiger partial charge in [0.15, 0.2) is 0 Å². The van der Waals surface area contributed by atoms with Crippen LogP contribution in [-0.2, 0) is 9.59 Å². The zero-order chi connectivity index (χ0) is 12.3. The number of rotatable bonds is 5. The van der Waals surface area contributed by atoms with Crippen LogP contribution in [0.15, 0.2) is 0 Å². The van der Waals surface area contributed by atoms with Crippen molar-refractivity contribution in [3.8, 4) is 0 Å². The maximum atomic E-state index is 11.8. The minimum absolute atomic E-state index is 0.0730. The maximum Gasteiger partial charge on any atom is 0.307 e. The lowest BCUT2D eigenvalue weighted by Gasteiger charge is -2.23. The summed E-state index contributed by atoms with van der Waals surface area (Å²) in [5, 5.41) is 12.0. The summed E-state index contributed by atoms with van der Waals surface area (Å²) >= 11 is 0. The molecule has 0 saturated heterocycles. The van der Waals surface area contributed by atoms with Gasteiger partial charge in [-0.2, -0.15) is 0 Å². The van der Waals surface area contributed by atoms with Crippen molar-refractivity contribution in [2.45, 2.75) is 57.4 Å². The monoisotopic (exact) mass is 239 g/mol. The van der Waals surface area contributed by atoms with Crippen molar-refractivity contribution < 1.29 is 14.7 Å². The average molecular weight is 239 g/mol. The maximum absolute atomic E-state index is 11.8. The van der Waals surface area contributed by atoms with E-state index in [4.69, 9.17) is 5.11 Å². The number of carbonyl (C=O) groups excluding carboxylic acids is 1. The van der Waals surface area contributed by atoms with Crippen molar-refractivity contribution in [3.05, 3.63) is 0 Å². The molecule has 2 fully saturated rings. The summed E-state index contributed by atoms with van der Waals surface area (Å²) in [4.78, 5) is 22.8. The Bertz CT molecular complexity index is 293. The van der Waals surface area contributed by atoms with E-state index in [0.717, 1.165) is 25.7 Å². The molecule has 4 nitrogen and oxygen atoms in total. The van der Waals surface area contributed by atoms with Crippen LogP contribution in [0.3, 0.4) is 0 Å². The molecule has 2 saturated carbocycles. The van der Waals surface area contributed by atoms with Gasteiger partial charge in [-0.3, -0.25) is 9.59 Å². The van der Waals surface area contributed by atoms with Crippen molar-refractivity contribution in [2.24, 2.45) is 11.8 Å². The molecular weight excluding hydrogens is 218 g/mol. The minimum Gasteiger partial charge on any atom is -0.481 e. The van der Waals surface area contributed by atoms with E-state index in [2.05, 4.69) is 5.32 Å². The first-order valence-corrected chi connectivity index (χ1v) is 6.69. The van der Waals surface area contributed by atoms with Gasteiger partial charge >= 0.3 is 5.97 Å². The molecule has 0 aromatic rings. The molecule has 0 spiro atoms. The lowest BCUT2D eigenvalue weighted by Crippen LogP contribution is -2.38. The summed E-state index contributed by atoms with van der Waals surface area (Å²) in [6.07, 6.45) is 7.80. The lowest BCUT2D eigenvalue weighted by molar-refractivity contribution is -0.145. The number of carboxylic acid groups (broad SMARTS) is 1. The molecule has 17 heavy (non-hydrogen) atoms. The molecule has 1 unspecified atom stereocenters. The normalized spacial score (nSPS) is 23.1. The van der Waals surface area contributed by atoms with Crippen molar-refractivity contribution in [1.29, 1.82) is 0 Å². The molecule has 0 bridgehead atoms. The number of hydrogen-bond donors (Lipinski definition) is 2. The Kier molecular flexibility index (Phi) is 4.02. The summed E-state index contributed by atoms with van der Waals surface area (Å²) in [6, 6.07) is 0.282. The van der Waals surface area contributed by atoms with Crippen LogP contribution in [0.4, 0.5) is 0 Å². The fourth-order valence-electron chi connectivity index (χ4n) is 2.69. The molecular formula is C13H21NO3. The molecule has 0 radical (unpaired) electrons. The molecule has 0 aromatic carbocycles. The number of hydrogen-bond acceptors (Lipinski definition) is 2. The highest BCUT2D eigenvalue weighted by Gasteiger charge is 2.37. The van der Waals surface area contributed by atoms with Gasteiger partial charge in [0.1, 0.15) is 0 Å². The van der Waals surface area contributed by atoms with Gasteiger partial charge in [0.2, 0.25) is 5.91 Å². The van der Waals surface area contributed by atoms with Crippen LogP contribution in [0.2, 0.25) is 0 Å². The van der Waals surface area contributed by atoms with Gasteiger partial charge in [0.05, 0.1) is 5.92 Å². The van der Waals surface area contributed by atoms with Crippen LogP contribution in [0, 0.1) is 11.8 Å². The van der Waals surface area contributed by atoms with Crippen molar-refractivity contribution in [2.75, 3.05) is 0 Å². The van der Waals surface area contributed by atoms with Gasteiger partial charge < -0.3 is 10.4 Å². The number of amides is 1. The topological polar surface area (TPSA) is 66.4 Å². The average Bonchev–Trinajstić information content (AvgIpc) is 3.11. The number of carbonyl (C=O) groups is 2. The Morgan fingerprint density at radius 3 is 2.29 bits per heavy atom. The van der Waals surface area contributed by atoms with E-state index in [9.17, 15) is 9.59 Å². The molecule has 2 N–H and O–H groups in total. The van der Waals surface area contributed by atoms with E-state index in [0.29, 0.717) is 0 Å². The molecule has 2 aliphatic carbocycles. The highest BCUT2D eigenvalue weighted by Crippen LogP contribution is 2.38. The van der Waals surface area contributed by atoms with Crippen LogP contribution in [0.1, 0.15) is 51.4 Å². The fourth-order valence-corrected chi connectivity index (χ4v) is 2.69.